The lowest BCUT2D eigenvalue weighted by Gasteiger charge is -2.33. The van der Waals surface area contributed by atoms with Gasteiger partial charge in [-0.2, -0.15) is 0 Å². The summed E-state index contributed by atoms with van der Waals surface area (Å²) in [5, 5.41) is 5.73. The van der Waals surface area contributed by atoms with Crippen LogP contribution in [0.3, 0.4) is 0 Å². The molecule has 2 aromatic carbocycles. The Bertz CT molecular complexity index is 941. The van der Waals surface area contributed by atoms with Crippen LogP contribution in [0.25, 0.3) is 6.08 Å². The fraction of sp³-hybridized carbons (Fsp3) is 0.360. The van der Waals surface area contributed by atoms with E-state index >= 15 is 0 Å². The summed E-state index contributed by atoms with van der Waals surface area (Å²) in [4.78, 5) is 26.8. The van der Waals surface area contributed by atoms with Gasteiger partial charge < -0.3 is 15.4 Å². The topological polar surface area (TPSA) is 70.7 Å². The molecule has 32 heavy (non-hydrogen) atoms. The van der Waals surface area contributed by atoms with Gasteiger partial charge >= 0.3 is 0 Å². The van der Waals surface area contributed by atoms with Crippen molar-refractivity contribution in [1.29, 1.82) is 0 Å². The van der Waals surface area contributed by atoms with Gasteiger partial charge in [-0.25, -0.2) is 4.39 Å². The van der Waals surface area contributed by atoms with Crippen LogP contribution in [0.5, 0.6) is 5.75 Å². The van der Waals surface area contributed by atoms with Gasteiger partial charge in [-0.05, 0) is 49.1 Å². The van der Waals surface area contributed by atoms with Gasteiger partial charge in [0.15, 0.2) is 11.6 Å². The van der Waals surface area contributed by atoms with Crippen molar-refractivity contribution in [3.05, 3.63) is 71.6 Å². The highest BCUT2D eigenvalue weighted by Crippen LogP contribution is 2.20. The highest BCUT2D eigenvalue weighted by atomic mass is 19.1. The lowest BCUT2D eigenvalue weighted by atomic mass is 10.0. The number of nitrogens with one attached hydrogen (secondary N) is 2. The molecule has 6 nitrogen and oxygen atoms in total. The monoisotopic (exact) mass is 439 g/mol. The molecule has 1 unspecified atom stereocenters. The van der Waals surface area contributed by atoms with Gasteiger partial charge in [0.25, 0.3) is 0 Å². The second-order valence-corrected chi connectivity index (χ2v) is 8.00. The van der Waals surface area contributed by atoms with Gasteiger partial charge in [0.1, 0.15) is 6.04 Å². The van der Waals surface area contributed by atoms with Crippen LogP contribution in [0.4, 0.5) is 4.39 Å². The van der Waals surface area contributed by atoms with E-state index in [9.17, 15) is 14.0 Å². The van der Waals surface area contributed by atoms with Gasteiger partial charge in [-0.1, -0.05) is 36.4 Å². The zero-order valence-corrected chi connectivity index (χ0v) is 18.5. The van der Waals surface area contributed by atoms with Crippen molar-refractivity contribution in [2.45, 2.75) is 38.4 Å². The fourth-order valence-electron chi connectivity index (χ4n) is 3.69. The Balaban J connectivity index is 1.40. The number of hydrogen-bond donors (Lipinski definition) is 2. The zero-order valence-electron chi connectivity index (χ0n) is 18.5. The molecule has 0 aliphatic carbocycles. The van der Waals surface area contributed by atoms with E-state index in [1.54, 1.807) is 19.1 Å². The molecular formula is C25H30FN3O3. The number of benzene rings is 2. The molecule has 2 N–H and O–H groups in total. The van der Waals surface area contributed by atoms with Crippen molar-refractivity contribution in [2.24, 2.45) is 0 Å². The summed E-state index contributed by atoms with van der Waals surface area (Å²) in [7, 11) is 1.45. The van der Waals surface area contributed by atoms with E-state index < -0.39 is 6.04 Å². The summed E-state index contributed by atoms with van der Waals surface area (Å²) < 4.78 is 18.8. The van der Waals surface area contributed by atoms with E-state index in [0.29, 0.717) is 6.54 Å². The minimum absolute atomic E-state index is 0.0607. The molecule has 170 valence electrons. The molecule has 0 spiro atoms. The molecule has 1 aliphatic rings. The number of amides is 2. The maximum atomic E-state index is 13.9. The Morgan fingerprint density at radius 2 is 1.91 bits per heavy atom. The Morgan fingerprint density at radius 3 is 2.56 bits per heavy atom. The third kappa shape index (κ3) is 6.92. The van der Waals surface area contributed by atoms with E-state index in [1.807, 2.05) is 36.4 Å². The number of piperidine rings is 1. The number of nitrogens with zero attached hydrogens (tertiary/aromatic N) is 1. The molecule has 1 aliphatic heterocycles. The van der Waals surface area contributed by atoms with Crippen molar-refractivity contribution >= 4 is 17.9 Å². The van der Waals surface area contributed by atoms with Crippen LogP contribution in [0.2, 0.25) is 0 Å². The number of likely N-dealkylation sites (tertiary alicyclic amines) is 1. The molecule has 2 aromatic rings. The molecule has 3 rings (SSSR count). The summed E-state index contributed by atoms with van der Waals surface area (Å²) in [6.07, 6.45) is 4.75. The van der Waals surface area contributed by atoms with Gasteiger partial charge in [-0.3, -0.25) is 14.5 Å². The van der Waals surface area contributed by atoms with Crippen molar-refractivity contribution in [1.82, 2.24) is 15.5 Å². The first-order valence-electron chi connectivity index (χ1n) is 10.8. The highest BCUT2D eigenvalue weighted by Gasteiger charge is 2.23. The van der Waals surface area contributed by atoms with E-state index in [4.69, 9.17) is 4.74 Å². The molecule has 0 radical (unpaired) electrons. The maximum absolute atomic E-state index is 13.9. The average Bonchev–Trinajstić information content (AvgIpc) is 2.80. The van der Waals surface area contributed by atoms with Crippen LogP contribution in [0.1, 0.15) is 30.9 Å². The number of carbonyl (C=O) groups is 2. The largest absolute Gasteiger partial charge is 0.494 e. The number of methoxy groups -OCH3 is 1. The fourth-order valence-corrected chi connectivity index (χ4v) is 3.69. The third-order valence-corrected chi connectivity index (χ3v) is 5.54. The molecule has 1 heterocycles. The van der Waals surface area contributed by atoms with E-state index in [1.165, 1.54) is 19.3 Å². The van der Waals surface area contributed by atoms with Crippen LogP contribution in [0.15, 0.2) is 54.6 Å². The van der Waals surface area contributed by atoms with Crippen LogP contribution < -0.4 is 15.4 Å². The zero-order chi connectivity index (χ0) is 22.9. The summed E-state index contributed by atoms with van der Waals surface area (Å²) >= 11 is 0. The van der Waals surface area contributed by atoms with Crippen molar-refractivity contribution in [3.63, 3.8) is 0 Å². The number of halogens is 1. The smallest absolute Gasteiger partial charge is 0.244 e. The predicted molar refractivity (Wildman–Crippen MR) is 122 cm³/mol. The van der Waals surface area contributed by atoms with E-state index in [0.717, 1.165) is 37.1 Å². The minimum Gasteiger partial charge on any atom is -0.494 e. The summed E-state index contributed by atoms with van der Waals surface area (Å²) in [6, 6.07) is 14.0. The highest BCUT2D eigenvalue weighted by molar-refractivity contribution is 5.95. The molecule has 7 heteroatoms. The normalized spacial score (nSPS) is 16.0. The lowest BCUT2D eigenvalue weighted by molar-refractivity contribution is -0.127. The van der Waals surface area contributed by atoms with Crippen molar-refractivity contribution in [3.8, 4) is 5.75 Å². The summed E-state index contributed by atoms with van der Waals surface area (Å²) in [5.74, 6) is -0.617. The van der Waals surface area contributed by atoms with Crippen LogP contribution in [0, 0.1) is 5.82 Å². The summed E-state index contributed by atoms with van der Waals surface area (Å²) in [5.41, 5.74) is 1.81. The Labute approximate surface area is 188 Å². The van der Waals surface area contributed by atoms with E-state index in [-0.39, 0.29) is 29.4 Å². The summed E-state index contributed by atoms with van der Waals surface area (Å²) in [6.45, 7) is 3.94. The molecule has 2 amide bonds. The van der Waals surface area contributed by atoms with Crippen LogP contribution >= 0.6 is 0 Å². The molecule has 1 saturated heterocycles. The second kappa shape index (κ2) is 11.4. The Hall–Kier alpha value is -3.19. The van der Waals surface area contributed by atoms with E-state index in [2.05, 4.69) is 15.5 Å². The quantitative estimate of drug-likeness (QED) is 0.620. The first-order chi connectivity index (χ1) is 15.4. The average molecular weight is 440 g/mol. The first kappa shape index (κ1) is 23.5. The van der Waals surface area contributed by atoms with Gasteiger partial charge in [0.05, 0.1) is 7.11 Å². The molecular weight excluding hydrogens is 409 g/mol. The number of hydrogen-bond acceptors (Lipinski definition) is 4. The van der Waals surface area contributed by atoms with Gasteiger partial charge in [-0.15, -0.1) is 0 Å². The SMILES string of the molecule is COc1ccc(CN2CCC(NC(=O)C(C)NC(=O)/C=C/c3ccccc3)CC2)cc1F. The maximum Gasteiger partial charge on any atom is 0.244 e. The van der Waals surface area contributed by atoms with Gasteiger partial charge in [0, 0.05) is 31.8 Å². The standard InChI is InChI=1S/C25H30FN3O3/c1-18(27-24(30)11-9-19-6-4-3-5-7-19)25(31)28-21-12-14-29(15-13-21)17-20-8-10-23(32-2)22(26)16-20/h3-11,16,18,21H,12-15,17H2,1-2H3,(H,27,30)(H,28,31)/b11-9+. The molecule has 0 saturated carbocycles. The van der Waals surface area contributed by atoms with Crippen LogP contribution in [-0.4, -0.2) is 49.0 Å². The number of carbonyl (C=O) groups excluding carboxylic acids is 2. The number of ether oxygens (including phenoxy) is 1. The Kier molecular flexibility index (Phi) is 8.39. The van der Waals surface area contributed by atoms with Crippen molar-refractivity contribution < 1.29 is 18.7 Å². The third-order valence-electron chi connectivity index (χ3n) is 5.54. The second-order valence-electron chi connectivity index (χ2n) is 8.00. The predicted octanol–water partition coefficient (Wildman–Crippen LogP) is 3.13. The first-order valence-corrected chi connectivity index (χ1v) is 10.8. The number of rotatable bonds is 8. The molecule has 0 aromatic heterocycles. The van der Waals surface area contributed by atoms with Crippen molar-refractivity contribution in [2.75, 3.05) is 20.2 Å². The minimum atomic E-state index is -0.622. The molecule has 0 bridgehead atoms. The van der Waals surface area contributed by atoms with Crippen LogP contribution in [-0.2, 0) is 16.1 Å². The molecule has 1 atom stereocenters. The lowest BCUT2D eigenvalue weighted by Crippen LogP contribution is -2.50. The molecule has 1 fully saturated rings. The van der Waals surface area contributed by atoms with Gasteiger partial charge in [0.2, 0.25) is 11.8 Å². The Morgan fingerprint density at radius 1 is 1.19 bits per heavy atom.